The molecular weight excluding hydrogens is 327 g/mol. The van der Waals surface area contributed by atoms with E-state index in [0.717, 1.165) is 0 Å². The number of hydrogen-bond acceptors (Lipinski definition) is 1. The molecule has 0 amide bonds. The Labute approximate surface area is 117 Å². The summed E-state index contributed by atoms with van der Waals surface area (Å²) in [4.78, 5) is 1.57. The summed E-state index contributed by atoms with van der Waals surface area (Å²) in [6.07, 6.45) is 8.13. The zero-order valence-corrected chi connectivity index (χ0v) is 13.5. The van der Waals surface area contributed by atoms with Gasteiger partial charge in [-0.15, -0.1) is 11.3 Å². The Hall–Kier alpha value is 0.430. The maximum absolute atomic E-state index is 2.53. The van der Waals surface area contributed by atoms with E-state index < -0.39 is 0 Å². The van der Waals surface area contributed by atoms with Crippen LogP contribution in [0.4, 0.5) is 0 Å². The molecule has 2 heteroatoms. The van der Waals surface area contributed by atoms with E-state index in [4.69, 9.17) is 0 Å². The number of halogens is 1. The minimum absolute atomic E-state index is 0.562. The van der Waals surface area contributed by atoms with E-state index in [-0.39, 0.29) is 0 Å². The molecule has 0 nitrogen and oxygen atoms in total. The Bertz CT molecular complexity index is 344. The van der Waals surface area contributed by atoms with Gasteiger partial charge in [-0.05, 0) is 84.6 Å². The van der Waals surface area contributed by atoms with Crippen molar-refractivity contribution in [2.45, 2.75) is 59.3 Å². The quantitative estimate of drug-likeness (QED) is 0.555. The van der Waals surface area contributed by atoms with E-state index in [1.807, 2.05) is 11.3 Å². The van der Waals surface area contributed by atoms with Crippen molar-refractivity contribution in [1.82, 2.24) is 0 Å². The molecule has 0 aromatic carbocycles. The topological polar surface area (TPSA) is 0 Å². The maximum Gasteiger partial charge on any atom is 0.0691 e. The number of hydrogen-bond donors (Lipinski definition) is 0. The lowest BCUT2D eigenvalue weighted by Crippen LogP contribution is -2.10. The minimum atomic E-state index is 0.562. The molecule has 0 N–H and O–H groups in total. The molecule has 16 heavy (non-hydrogen) atoms. The van der Waals surface area contributed by atoms with Crippen molar-refractivity contribution in [1.29, 1.82) is 0 Å². The first-order valence-electron chi connectivity index (χ1n) is 6.26. The molecule has 1 aliphatic carbocycles. The van der Waals surface area contributed by atoms with Crippen molar-refractivity contribution in [2.75, 3.05) is 0 Å². The standard InChI is InChI=1S/C14H21IS/c1-10-11-6-4-8-14(2,3)9-5-7-12(11)13(15)16-10/h4-9H2,1-3H3. The summed E-state index contributed by atoms with van der Waals surface area (Å²) < 4.78 is 1.55. The van der Waals surface area contributed by atoms with Crippen LogP contribution in [0.25, 0.3) is 0 Å². The third kappa shape index (κ3) is 2.81. The second kappa shape index (κ2) is 4.97. The van der Waals surface area contributed by atoms with E-state index in [1.54, 1.807) is 18.9 Å². The van der Waals surface area contributed by atoms with Crippen molar-refractivity contribution in [2.24, 2.45) is 5.41 Å². The van der Waals surface area contributed by atoms with Crippen molar-refractivity contribution >= 4 is 33.9 Å². The Morgan fingerprint density at radius 2 is 1.62 bits per heavy atom. The highest BCUT2D eigenvalue weighted by Gasteiger charge is 2.22. The SMILES string of the molecule is Cc1sc(I)c2c1CCCC(C)(C)CCC2. The van der Waals surface area contributed by atoms with E-state index in [0.29, 0.717) is 5.41 Å². The lowest BCUT2D eigenvalue weighted by Gasteiger charge is -2.23. The van der Waals surface area contributed by atoms with Crippen LogP contribution in [0.3, 0.4) is 0 Å². The van der Waals surface area contributed by atoms with Gasteiger partial charge in [0.25, 0.3) is 0 Å². The van der Waals surface area contributed by atoms with Gasteiger partial charge in [0, 0.05) is 4.88 Å². The molecular formula is C14H21IS. The average Bonchev–Trinajstić information content (AvgIpc) is 2.47. The van der Waals surface area contributed by atoms with Gasteiger partial charge in [-0.25, -0.2) is 0 Å². The van der Waals surface area contributed by atoms with Crippen molar-refractivity contribution in [3.05, 3.63) is 18.9 Å². The minimum Gasteiger partial charge on any atom is -0.134 e. The fourth-order valence-electron chi connectivity index (χ4n) is 2.78. The fourth-order valence-corrected chi connectivity index (χ4v) is 5.33. The van der Waals surface area contributed by atoms with Gasteiger partial charge >= 0.3 is 0 Å². The summed E-state index contributed by atoms with van der Waals surface area (Å²) in [5, 5.41) is 0. The normalized spacial score (nSPS) is 20.8. The van der Waals surface area contributed by atoms with Gasteiger partial charge in [0.05, 0.1) is 2.88 Å². The summed E-state index contributed by atoms with van der Waals surface area (Å²) in [6, 6.07) is 0. The number of aryl methyl sites for hydroxylation is 1. The lowest BCUT2D eigenvalue weighted by atomic mass is 9.83. The lowest BCUT2D eigenvalue weighted by molar-refractivity contribution is 0.294. The molecule has 0 saturated heterocycles. The third-order valence-corrected chi connectivity index (χ3v) is 6.12. The van der Waals surface area contributed by atoms with Gasteiger partial charge in [0.15, 0.2) is 0 Å². The summed E-state index contributed by atoms with van der Waals surface area (Å²) in [5.74, 6) is 0. The van der Waals surface area contributed by atoms with Crippen molar-refractivity contribution in [3.63, 3.8) is 0 Å². The van der Waals surface area contributed by atoms with Gasteiger partial charge < -0.3 is 0 Å². The zero-order chi connectivity index (χ0) is 11.8. The van der Waals surface area contributed by atoms with Gasteiger partial charge in [-0.1, -0.05) is 13.8 Å². The van der Waals surface area contributed by atoms with E-state index in [2.05, 4.69) is 43.4 Å². The first-order valence-corrected chi connectivity index (χ1v) is 8.16. The van der Waals surface area contributed by atoms with Crippen LogP contribution in [0.1, 0.15) is 55.5 Å². The molecule has 1 aromatic rings. The van der Waals surface area contributed by atoms with Crippen LogP contribution in [0.2, 0.25) is 0 Å². The van der Waals surface area contributed by atoms with Gasteiger partial charge in [-0.3, -0.25) is 0 Å². The molecule has 1 heterocycles. The second-order valence-electron chi connectivity index (χ2n) is 5.76. The van der Waals surface area contributed by atoms with Gasteiger partial charge in [0.1, 0.15) is 0 Å². The Morgan fingerprint density at radius 3 is 2.25 bits per heavy atom. The van der Waals surface area contributed by atoms with Crippen LogP contribution >= 0.6 is 33.9 Å². The monoisotopic (exact) mass is 348 g/mol. The fraction of sp³-hybridized carbons (Fsp3) is 0.714. The van der Waals surface area contributed by atoms with Crippen LogP contribution in [0.15, 0.2) is 0 Å². The van der Waals surface area contributed by atoms with Gasteiger partial charge in [0.2, 0.25) is 0 Å². The molecule has 0 atom stereocenters. The summed E-state index contributed by atoms with van der Waals surface area (Å²) in [6.45, 7) is 7.17. The number of fused-ring (bicyclic) bond motifs is 1. The predicted octanol–water partition coefficient (Wildman–Crippen LogP) is 5.35. The zero-order valence-electron chi connectivity index (χ0n) is 10.5. The van der Waals surface area contributed by atoms with Crippen LogP contribution in [0.5, 0.6) is 0 Å². The molecule has 0 radical (unpaired) electrons. The van der Waals surface area contributed by atoms with Crippen molar-refractivity contribution in [3.8, 4) is 0 Å². The van der Waals surface area contributed by atoms with Crippen LogP contribution in [-0.4, -0.2) is 0 Å². The van der Waals surface area contributed by atoms with Gasteiger partial charge in [-0.2, -0.15) is 0 Å². The molecule has 0 unspecified atom stereocenters. The summed E-state index contributed by atoms with van der Waals surface area (Å²) in [5.41, 5.74) is 3.93. The second-order valence-corrected chi connectivity index (χ2v) is 8.80. The molecule has 1 aromatic heterocycles. The van der Waals surface area contributed by atoms with E-state index >= 15 is 0 Å². The number of rotatable bonds is 0. The van der Waals surface area contributed by atoms with Crippen LogP contribution in [-0.2, 0) is 12.8 Å². The van der Waals surface area contributed by atoms with E-state index in [9.17, 15) is 0 Å². The van der Waals surface area contributed by atoms with Crippen molar-refractivity contribution < 1.29 is 0 Å². The first-order chi connectivity index (χ1) is 7.49. The summed E-state index contributed by atoms with van der Waals surface area (Å²) in [7, 11) is 0. The Morgan fingerprint density at radius 1 is 1.06 bits per heavy atom. The summed E-state index contributed by atoms with van der Waals surface area (Å²) >= 11 is 4.53. The average molecular weight is 348 g/mol. The largest absolute Gasteiger partial charge is 0.134 e. The highest BCUT2D eigenvalue weighted by atomic mass is 127. The highest BCUT2D eigenvalue weighted by Crippen LogP contribution is 2.37. The van der Waals surface area contributed by atoms with E-state index in [1.165, 1.54) is 38.5 Å². The third-order valence-electron chi connectivity index (χ3n) is 3.83. The predicted molar refractivity (Wildman–Crippen MR) is 81.4 cm³/mol. The Balaban J connectivity index is 2.23. The molecule has 0 bridgehead atoms. The number of thiophene rings is 1. The molecule has 90 valence electrons. The first kappa shape index (κ1) is 12.9. The van der Waals surface area contributed by atoms with Crippen LogP contribution in [0, 0.1) is 15.2 Å². The molecule has 0 saturated carbocycles. The highest BCUT2D eigenvalue weighted by molar-refractivity contribution is 14.1. The smallest absolute Gasteiger partial charge is 0.0691 e. The maximum atomic E-state index is 2.53. The molecule has 0 spiro atoms. The molecule has 0 fully saturated rings. The van der Waals surface area contributed by atoms with Crippen LogP contribution < -0.4 is 0 Å². The molecule has 0 aliphatic heterocycles. The Kier molecular flexibility index (Phi) is 4.00. The molecule has 1 aliphatic rings. The molecule has 2 rings (SSSR count).